The Morgan fingerprint density at radius 3 is 2.80 bits per heavy atom. The van der Waals surface area contributed by atoms with Gasteiger partial charge in [0.15, 0.2) is 10.4 Å². The monoisotopic (exact) mass is 307 g/mol. The fourth-order valence-corrected chi connectivity index (χ4v) is 3.36. The van der Waals surface area contributed by atoms with Crippen LogP contribution in [0.1, 0.15) is 18.9 Å². The minimum atomic E-state index is -0.400. The molecule has 3 heterocycles. The summed E-state index contributed by atoms with van der Waals surface area (Å²) in [5, 5.41) is 2.91. The van der Waals surface area contributed by atoms with Crippen LogP contribution in [0.2, 0.25) is 0 Å². The Kier molecular flexibility index (Phi) is 3.06. The molecule has 3 aromatic rings. The summed E-state index contributed by atoms with van der Waals surface area (Å²) in [4.78, 5) is 15.9. The van der Waals surface area contributed by atoms with Crippen molar-refractivity contribution in [2.24, 2.45) is 0 Å². The summed E-state index contributed by atoms with van der Waals surface area (Å²) in [6.45, 7) is 4.12. The molecule has 0 saturated heterocycles. The number of nitrogens with zero attached hydrogens (tertiary/aromatic N) is 4. The summed E-state index contributed by atoms with van der Waals surface area (Å²) >= 11 is 7.03. The average molecular weight is 307 g/mol. The van der Waals surface area contributed by atoms with Gasteiger partial charge < -0.3 is 9.72 Å². The molecule has 0 fully saturated rings. The predicted octanol–water partition coefficient (Wildman–Crippen LogP) is 2.74. The second-order valence-corrected chi connectivity index (χ2v) is 6.02. The second-order valence-electron chi connectivity index (χ2n) is 4.74. The van der Waals surface area contributed by atoms with Crippen LogP contribution in [0, 0.1) is 4.77 Å². The molecule has 0 spiro atoms. The molecule has 0 aromatic carbocycles. The zero-order valence-electron chi connectivity index (χ0n) is 11.2. The van der Waals surface area contributed by atoms with Gasteiger partial charge in [-0.3, -0.25) is 4.57 Å². The smallest absolute Gasteiger partial charge is 0.242 e. The van der Waals surface area contributed by atoms with E-state index in [-0.39, 0.29) is 0 Å². The van der Waals surface area contributed by atoms with Gasteiger partial charge >= 0.3 is 0 Å². The standard InChI is InChI=1S/C12H13N5OS2/c1-12(2,10-13-4-5-20-10)17-8-7(16-11(17)19)9(18-3)15-6-14-8/h4-6H,1-3H3,(H,16,19). The predicted molar refractivity (Wildman–Crippen MR) is 79.8 cm³/mol. The van der Waals surface area contributed by atoms with E-state index in [1.807, 2.05) is 9.95 Å². The maximum Gasteiger partial charge on any atom is 0.242 e. The topological polar surface area (TPSA) is 68.6 Å². The number of rotatable bonds is 3. The summed E-state index contributed by atoms with van der Waals surface area (Å²) in [5.41, 5.74) is 1.01. The zero-order valence-corrected chi connectivity index (χ0v) is 12.9. The van der Waals surface area contributed by atoms with Crippen molar-refractivity contribution in [1.29, 1.82) is 0 Å². The van der Waals surface area contributed by atoms with E-state index < -0.39 is 5.54 Å². The molecule has 0 saturated carbocycles. The maximum atomic E-state index is 5.44. The Morgan fingerprint density at radius 2 is 2.15 bits per heavy atom. The van der Waals surface area contributed by atoms with E-state index in [9.17, 15) is 0 Å². The first-order valence-corrected chi connectivity index (χ1v) is 7.24. The maximum absolute atomic E-state index is 5.44. The van der Waals surface area contributed by atoms with E-state index in [1.165, 1.54) is 6.33 Å². The van der Waals surface area contributed by atoms with Crippen LogP contribution in [0.3, 0.4) is 0 Å². The van der Waals surface area contributed by atoms with Gasteiger partial charge in [-0.2, -0.15) is 4.98 Å². The van der Waals surface area contributed by atoms with Gasteiger partial charge in [0.25, 0.3) is 0 Å². The molecule has 8 heteroatoms. The van der Waals surface area contributed by atoms with Crippen LogP contribution in [0.5, 0.6) is 5.88 Å². The van der Waals surface area contributed by atoms with Gasteiger partial charge in [0, 0.05) is 11.6 Å². The van der Waals surface area contributed by atoms with Gasteiger partial charge in [0.2, 0.25) is 5.88 Å². The highest BCUT2D eigenvalue weighted by Gasteiger charge is 2.29. The Bertz CT molecular complexity index is 803. The lowest BCUT2D eigenvalue weighted by atomic mass is 10.1. The lowest BCUT2D eigenvalue weighted by Gasteiger charge is -2.24. The lowest BCUT2D eigenvalue weighted by molar-refractivity contribution is 0.401. The van der Waals surface area contributed by atoms with Gasteiger partial charge in [0.05, 0.1) is 12.6 Å². The van der Waals surface area contributed by atoms with Crippen molar-refractivity contribution in [2.75, 3.05) is 7.11 Å². The number of ether oxygens (including phenoxy) is 1. The summed E-state index contributed by atoms with van der Waals surface area (Å²) < 4.78 is 7.76. The van der Waals surface area contributed by atoms with E-state index in [2.05, 4.69) is 33.8 Å². The van der Waals surface area contributed by atoms with Crippen LogP contribution >= 0.6 is 23.6 Å². The molecule has 0 aliphatic carbocycles. The first-order valence-electron chi connectivity index (χ1n) is 5.96. The van der Waals surface area contributed by atoms with E-state index in [4.69, 9.17) is 17.0 Å². The van der Waals surface area contributed by atoms with E-state index in [0.29, 0.717) is 21.8 Å². The number of H-pyrrole nitrogens is 1. The molecular formula is C12H13N5OS2. The highest BCUT2D eigenvalue weighted by Crippen LogP contribution is 2.32. The van der Waals surface area contributed by atoms with Gasteiger partial charge in [-0.25, -0.2) is 9.97 Å². The average Bonchev–Trinajstić information content (AvgIpc) is 3.04. The third-order valence-corrected chi connectivity index (χ3v) is 4.52. The molecular weight excluding hydrogens is 294 g/mol. The minimum Gasteiger partial charge on any atom is -0.479 e. The summed E-state index contributed by atoms with van der Waals surface area (Å²) in [7, 11) is 1.57. The highest BCUT2D eigenvalue weighted by atomic mass is 32.1. The number of hydrogen-bond donors (Lipinski definition) is 1. The summed E-state index contributed by atoms with van der Waals surface area (Å²) in [6, 6.07) is 0. The SMILES string of the molecule is COc1ncnc2c1[nH]c(=S)n2C(C)(C)c1nccs1. The highest BCUT2D eigenvalue weighted by molar-refractivity contribution is 7.71. The largest absolute Gasteiger partial charge is 0.479 e. The molecule has 3 aromatic heterocycles. The molecule has 6 nitrogen and oxygen atoms in total. The number of imidazole rings is 1. The molecule has 0 bridgehead atoms. The third kappa shape index (κ3) is 1.83. The van der Waals surface area contributed by atoms with Crippen LogP contribution in [-0.2, 0) is 5.54 Å². The normalized spacial score (nSPS) is 11.9. The number of hydrogen-bond acceptors (Lipinski definition) is 6. The van der Waals surface area contributed by atoms with E-state index in [0.717, 1.165) is 5.01 Å². The molecule has 0 atom stereocenters. The number of fused-ring (bicyclic) bond motifs is 1. The Hall–Kier alpha value is -1.80. The molecule has 1 N–H and O–H groups in total. The van der Waals surface area contributed by atoms with Gasteiger partial charge in [0.1, 0.15) is 16.9 Å². The van der Waals surface area contributed by atoms with Crippen molar-refractivity contribution in [2.45, 2.75) is 19.4 Å². The molecule has 0 aliphatic heterocycles. The molecule has 0 radical (unpaired) electrons. The Labute approximate surface area is 124 Å². The van der Waals surface area contributed by atoms with Crippen LogP contribution < -0.4 is 4.74 Å². The van der Waals surface area contributed by atoms with Crippen molar-refractivity contribution < 1.29 is 4.74 Å². The van der Waals surface area contributed by atoms with E-state index in [1.54, 1.807) is 24.6 Å². The number of methoxy groups -OCH3 is 1. The third-order valence-electron chi connectivity index (χ3n) is 3.15. The van der Waals surface area contributed by atoms with Crippen LogP contribution in [0.25, 0.3) is 11.2 Å². The molecule has 3 rings (SSSR count). The fraction of sp³-hybridized carbons (Fsp3) is 0.333. The molecule has 20 heavy (non-hydrogen) atoms. The molecule has 104 valence electrons. The molecule has 0 aliphatic rings. The Morgan fingerprint density at radius 1 is 1.35 bits per heavy atom. The number of nitrogens with one attached hydrogen (secondary N) is 1. The van der Waals surface area contributed by atoms with Crippen LogP contribution in [-0.4, -0.2) is 31.6 Å². The van der Waals surface area contributed by atoms with Crippen molar-refractivity contribution in [3.63, 3.8) is 0 Å². The van der Waals surface area contributed by atoms with Crippen LogP contribution in [0.15, 0.2) is 17.9 Å². The second kappa shape index (κ2) is 4.64. The van der Waals surface area contributed by atoms with E-state index >= 15 is 0 Å². The van der Waals surface area contributed by atoms with Crippen molar-refractivity contribution >= 4 is 34.7 Å². The summed E-state index contributed by atoms with van der Waals surface area (Å²) in [6.07, 6.45) is 3.26. The number of thiazole rings is 1. The summed E-state index contributed by atoms with van der Waals surface area (Å²) in [5.74, 6) is 0.481. The zero-order chi connectivity index (χ0) is 14.3. The van der Waals surface area contributed by atoms with Crippen LogP contribution in [0.4, 0.5) is 0 Å². The number of aromatic nitrogens is 5. The van der Waals surface area contributed by atoms with Gasteiger partial charge in [-0.15, -0.1) is 11.3 Å². The minimum absolute atomic E-state index is 0.400. The van der Waals surface area contributed by atoms with Crippen molar-refractivity contribution in [1.82, 2.24) is 24.5 Å². The quantitative estimate of drug-likeness (QED) is 0.754. The molecule has 0 unspecified atom stereocenters. The van der Waals surface area contributed by atoms with Crippen molar-refractivity contribution in [3.8, 4) is 5.88 Å². The first-order chi connectivity index (χ1) is 9.55. The van der Waals surface area contributed by atoms with Crippen molar-refractivity contribution in [3.05, 3.63) is 27.7 Å². The Balaban J connectivity index is 2.32. The lowest BCUT2D eigenvalue weighted by Crippen LogP contribution is -2.27. The molecule has 0 amide bonds. The first kappa shape index (κ1) is 13.2. The number of aromatic amines is 1. The fourth-order valence-electron chi connectivity index (χ4n) is 2.19. The van der Waals surface area contributed by atoms with Gasteiger partial charge in [-0.05, 0) is 26.1 Å². The van der Waals surface area contributed by atoms with Gasteiger partial charge in [-0.1, -0.05) is 0 Å².